The van der Waals surface area contributed by atoms with Gasteiger partial charge in [-0.2, -0.15) is 0 Å². The van der Waals surface area contributed by atoms with Gasteiger partial charge in [-0.1, -0.05) is 39.0 Å². The van der Waals surface area contributed by atoms with Gasteiger partial charge in [-0.05, 0) is 5.92 Å². The van der Waals surface area contributed by atoms with Crippen LogP contribution >= 0.6 is 0 Å². The summed E-state index contributed by atoms with van der Waals surface area (Å²) in [6, 6.07) is 0. The highest BCUT2D eigenvalue weighted by atomic mass is 16.1. The quantitative estimate of drug-likeness (QED) is 0.408. The number of isocyanates is 1. The smallest absolute Gasteiger partial charge is 0.222 e. The van der Waals surface area contributed by atoms with Crippen LogP contribution in [-0.2, 0) is 4.79 Å². The van der Waals surface area contributed by atoms with Crippen LogP contribution in [0.25, 0.3) is 0 Å². The Balaban J connectivity index is 0.000000236. The van der Waals surface area contributed by atoms with Crippen molar-refractivity contribution in [3.63, 3.8) is 0 Å². The van der Waals surface area contributed by atoms with Crippen LogP contribution in [0, 0.1) is 11.3 Å². The second-order valence-electron chi connectivity index (χ2n) is 2.85. The van der Waals surface area contributed by atoms with E-state index in [-0.39, 0.29) is 0 Å². The highest BCUT2D eigenvalue weighted by Gasteiger charge is 2.05. The Bertz CT molecular complexity index is 99.8. The minimum Gasteiger partial charge on any atom is -0.222 e. The zero-order valence-corrected chi connectivity index (χ0v) is 6.52. The molecule has 58 valence electrons. The summed E-state index contributed by atoms with van der Waals surface area (Å²) < 4.78 is 0. The second kappa shape index (κ2) is 6.50. The van der Waals surface area contributed by atoms with Gasteiger partial charge in [0.05, 0.1) is 0 Å². The van der Waals surface area contributed by atoms with Crippen molar-refractivity contribution in [2.45, 2.75) is 39.0 Å². The molecule has 1 aliphatic carbocycles. The maximum atomic E-state index is 8.35. The second-order valence-corrected chi connectivity index (χ2v) is 2.85. The van der Waals surface area contributed by atoms with Crippen LogP contribution in [0.2, 0.25) is 0 Å². The van der Waals surface area contributed by atoms with E-state index in [2.05, 4.69) is 6.92 Å². The van der Waals surface area contributed by atoms with Crippen LogP contribution in [0.15, 0.2) is 0 Å². The van der Waals surface area contributed by atoms with Crippen molar-refractivity contribution in [3.8, 4) is 0 Å². The molecule has 0 spiro atoms. The number of rotatable bonds is 0. The molecule has 0 unspecified atom stereocenters. The van der Waals surface area contributed by atoms with Crippen LogP contribution in [0.4, 0.5) is 0 Å². The molecule has 0 saturated heterocycles. The number of hydrogen-bond acceptors (Lipinski definition) is 2. The Kier molecular flexibility index (Phi) is 6.10. The van der Waals surface area contributed by atoms with Crippen LogP contribution in [0.5, 0.6) is 0 Å². The van der Waals surface area contributed by atoms with E-state index in [0.29, 0.717) is 0 Å². The van der Waals surface area contributed by atoms with Gasteiger partial charge in [0, 0.05) is 0 Å². The van der Waals surface area contributed by atoms with E-state index in [1.54, 1.807) is 0 Å². The summed E-state index contributed by atoms with van der Waals surface area (Å²) in [6.07, 6.45) is 8.19. The van der Waals surface area contributed by atoms with Gasteiger partial charge in [-0.25, -0.2) is 10.2 Å². The van der Waals surface area contributed by atoms with Crippen molar-refractivity contribution in [2.24, 2.45) is 5.92 Å². The van der Waals surface area contributed by atoms with Gasteiger partial charge in [0.25, 0.3) is 0 Å². The summed E-state index contributed by atoms with van der Waals surface area (Å²) in [5.74, 6) is 1.04. The maximum absolute atomic E-state index is 8.35. The highest BCUT2D eigenvalue weighted by molar-refractivity contribution is 5.26. The summed E-state index contributed by atoms with van der Waals surface area (Å²) >= 11 is 0. The van der Waals surface area contributed by atoms with Crippen LogP contribution in [-0.4, -0.2) is 6.08 Å². The zero-order valence-electron chi connectivity index (χ0n) is 6.52. The monoisotopic (exact) mass is 141 g/mol. The van der Waals surface area contributed by atoms with Crippen molar-refractivity contribution < 1.29 is 4.79 Å². The first-order chi connectivity index (χ1) is 4.81. The summed E-state index contributed by atoms with van der Waals surface area (Å²) in [7, 11) is 0. The van der Waals surface area contributed by atoms with E-state index in [1.165, 1.54) is 32.1 Å². The molecule has 10 heavy (non-hydrogen) atoms. The van der Waals surface area contributed by atoms with E-state index in [4.69, 9.17) is 10.2 Å². The Morgan fingerprint density at radius 3 is 1.90 bits per heavy atom. The lowest BCUT2D eigenvalue weighted by molar-refractivity contribution is 0.385. The highest BCUT2D eigenvalue weighted by Crippen LogP contribution is 2.21. The van der Waals surface area contributed by atoms with Gasteiger partial charge in [0.15, 0.2) is 0 Å². The molecule has 0 aromatic carbocycles. The maximum Gasteiger partial charge on any atom is 0.231 e. The van der Waals surface area contributed by atoms with Crippen molar-refractivity contribution in [2.75, 3.05) is 0 Å². The summed E-state index contributed by atoms with van der Waals surface area (Å²) in [4.78, 5) is 8.35. The third-order valence-corrected chi connectivity index (χ3v) is 1.89. The predicted molar refractivity (Wildman–Crippen MR) is 40.7 cm³/mol. The first-order valence-electron chi connectivity index (χ1n) is 3.85. The molecule has 0 amide bonds. The molecule has 0 heterocycles. The largest absolute Gasteiger partial charge is 0.231 e. The van der Waals surface area contributed by atoms with Crippen LogP contribution in [0.3, 0.4) is 0 Å². The summed E-state index contributed by atoms with van der Waals surface area (Å²) in [5.41, 5.74) is 0. The SMILES string of the molecule is CC1CCCCC1.N=C=O. The minimum atomic E-state index is 0.750. The van der Waals surface area contributed by atoms with Crippen molar-refractivity contribution in [1.29, 1.82) is 5.41 Å². The topological polar surface area (TPSA) is 40.9 Å². The average Bonchev–Trinajstić information content (AvgIpc) is 1.91. The normalized spacial score (nSPS) is 18.5. The Morgan fingerprint density at radius 2 is 1.70 bits per heavy atom. The third-order valence-electron chi connectivity index (χ3n) is 1.89. The van der Waals surface area contributed by atoms with Crippen LogP contribution in [0.1, 0.15) is 39.0 Å². The van der Waals surface area contributed by atoms with Gasteiger partial charge in [0.1, 0.15) is 0 Å². The molecule has 1 N–H and O–H groups in total. The summed E-state index contributed by atoms with van der Waals surface area (Å²) in [6.45, 7) is 2.36. The fourth-order valence-corrected chi connectivity index (χ4v) is 1.31. The first-order valence-corrected chi connectivity index (χ1v) is 3.85. The molecule has 1 saturated carbocycles. The Morgan fingerprint density at radius 1 is 1.30 bits per heavy atom. The molecule has 1 fully saturated rings. The first kappa shape index (κ1) is 9.38. The predicted octanol–water partition coefficient (Wildman–Crippen LogP) is 2.49. The fourth-order valence-electron chi connectivity index (χ4n) is 1.31. The van der Waals surface area contributed by atoms with Gasteiger partial charge < -0.3 is 0 Å². The Hall–Kier alpha value is -0.620. The van der Waals surface area contributed by atoms with E-state index >= 15 is 0 Å². The van der Waals surface area contributed by atoms with E-state index in [9.17, 15) is 0 Å². The molecule has 0 aliphatic heterocycles. The third kappa shape index (κ3) is 5.52. The van der Waals surface area contributed by atoms with Crippen molar-refractivity contribution in [1.82, 2.24) is 0 Å². The lowest BCUT2D eigenvalue weighted by Gasteiger charge is -2.15. The number of hydrogen-bond donors (Lipinski definition) is 1. The molecule has 1 rings (SSSR count). The number of carbonyl (C=O) groups excluding carboxylic acids is 1. The molecule has 2 heteroatoms. The van der Waals surface area contributed by atoms with Crippen molar-refractivity contribution in [3.05, 3.63) is 0 Å². The standard InChI is InChI=1S/C7H14.CHNO/c1-7-5-3-2-4-6-7;2-1-3/h7H,2-6H2,1H3;2H. The zero-order chi connectivity index (χ0) is 7.82. The molecular weight excluding hydrogens is 126 g/mol. The molecule has 1 aliphatic rings. The van der Waals surface area contributed by atoms with E-state index < -0.39 is 0 Å². The molecule has 0 aromatic heterocycles. The van der Waals surface area contributed by atoms with Crippen LogP contribution < -0.4 is 0 Å². The molecule has 2 nitrogen and oxygen atoms in total. The van der Waals surface area contributed by atoms with E-state index in [1.807, 2.05) is 0 Å². The van der Waals surface area contributed by atoms with Gasteiger partial charge in [-0.3, -0.25) is 0 Å². The van der Waals surface area contributed by atoms with Gasteiger partial charge in [-0.15, -0.1) is 0 Å². The minimum absolute atomic E-state index is 0.750. The lowest BCUT2D eigenvalue weighted by Crippen LogP contribution is -1.99. The summed E-state index contributed by atoms with van der Waals surface area (Å²) in [5, 5.41) is 5.40. The average molecular weight is 141 g/mol. The molecule has 0 atom stereocenters. The molecular formula is C8H15NO. The molecule has 0 bridgehead atoms. The lowest BCUT2D eigenvalue weighted by atomic mass is 9.91. The van der Waals surface area contributed by atoms with Gasteiger partial charge in [0.2, 0.25) is 6.08 Å². The van der Waals surface area contributed by atoms with Crippen molar-refractivity contribution >= 4 is 6.08 Å². The van der Waals surface area contributed by atoms with Gasteiger partial charge >= 0.3 is 0 Å². The number of nitrogens with one attached hydrogen (secondary N) is 1. The van der Waals surface area contributed by atoms with E-state index in [0.717, 1.165) is 12.0 Å². The Labute approximate surface area is 62.1 Å². The fraction of sp³-hybridized carbons (Fsp3) is 0.875. The molecule has 0 aromatic rings. The molecule has 0 radical (unpaired) electrons.